The van der Waals surface area contributed by atoms with Gasteiger partial charge in [0, 0.05) is 5.69 Å². The standard InChI is InChI=1S/C14H19NO4/c1-8-9(2)11(7-6-10(8)12(16)17)15-13(18)19-14(3,4)5/h6-7H,1-5H3,(H,15,18)(H,16,17). The minimum absolute atomic E-state index is 0.229. The molecule has 0 spiro atoms. The van der Waals surface area contributed by atoms with Gasteiger partial charge in [-0.2, -0.15) is 0 Å². The molecule has 0 aromatic heterocycles. The third kappa shape index (κ3) is 3.98. The highest BCUT2D eigenvalue weighted by atomic mass is 16.6. The van der Waals surface area contributed by atoms with Gasteiger partial charge in [-0.05, 0) is 57.9 Å². The maximum Gasteiger partial charge on any atom is 0.412 e. The number of nitrogens with one attached hydrogen (secondary N) is 1. The molecule has 0 aliphatic rings. The van der Waals surface area contributed by atoms with E-state index in [1.807, 2.05) is 0 Å². The van der Waals surface area contributed by atoms with E-state index < -0.39 is 17.7 Å². The van der Waals surface area contributed by atoms with Gasteiger partial charge in [-0.1, -0.05) is 0 Å². The number of ether oxygens (including phenoxy) is 1. The third-order valence-corrected chi connectivity index (χ3v) is 2.65. The van der Waals surface area contributed by atoms with E-state index in [-0.39, 0.29) is 5.56 Å². The average molecular weight is 265 g/mol. The smallest absolute Gasteiger partial charge is 0.412 e. The van der Waals surface area contributed by atoms with Crippen molar-refractivity contribution in [2.24, 2.45) is 0 Å². The summed E-state index contributed by atoms with van der Waals surface area (Å²) in [6, 6.07) is 3.03. The van der Waals surface area contributed by atoms with Crippen LogP contribution in [0.15, 0.2) is 12.1 Å². The molecule has 0 aliphatic carbocycles. The molecule has 2 N–H and O–H groups in total. The van der Waals surface area contributed by atoms with E-state index >= 15 is 0 Å². The van der Waals surface area contributed by atoms with Crippen LogP contribution in [-0.2, 0) is 4.74 Å². The lowest BCUT2D eigenvalue weighted by atomic mass is 10.0. The Bertz CT molecular complexity index is 515. The van der Waals surface area contributed by atoms with Crippen LogP contribution in [0.3, 0.4) is 0 Å². The summed E-state index contributed by atoms with van der Waals surface area (Å²) >= 11 is 0. The zero-order valence-electron chi connectivity index (χ0n) is 11.8. The molecule has 0 heterocycles. The lowest BCUT2D eigenvalue weighted by Crippen LogP contribution is -2.27. The lowest BCUT2D eigenvalue weighted by molar-refractivity contribution is 0.0634. The van der Waals surface area contributed by atoms with Crippen molar-refractivity contribution in [1.29, 1.82) is 0 Å². The zero-order chi connectivity index (χ0) is 14.8. The van der Waals surface area contributed by atoms with Crippen molar-refractivity contribution in [2.45, 2.75) is 40.2 Å². The number of benzene rings is 1. The molecule has 5 nitrogen and oxygen atoms in total. The van der Waals surface area contributed by atoms with Crippen molar-refractivity contribution in [3.8, 4) is 0 Å². The first-order valence-electron chi connectivity index (χ1n) is 5.95. The Morgan fingerprint density at radius 1 is 1.16 bits per heavy atom. The van der Waals surface area contributed by atoms with Crippen LogP contribution >= 0.6 is 0 Å². The van der Waals surface area contributed by atoms with Crippen molar-refractivity contribution in [1.82, 2.24) is 0 Å². The van der Waals surface area contributed by atoms with Gasteiger partial charge < -0.3 is 9.84 Å². The molecule has 0 atom stereocenters. The van der Waals surface area contributed by atoms with Crippen molar-refractivity contribution >= 4 is 17.7 Å². The average Bonchev–Trinajstić information content (AvgIpc) is 2.21. The summed E-state index contributed by atoms with van der Waals surface area (Å²) in [5.74, 6) is -0.982. The maximum atomic E-state index is 11.7. The number of hydrogen-bond donors (Lipinski definition) is 2. The minimum Gasteiger partial charge on any atom is -0.478 e. The van der Waals surface area contributed by atoms with Crippen LogP contribution in [0, 0.1) is 13.8 Å². The Kier molecular flexibility index (Phi) is 4.19. The monoisotopic (exact) mass is 265 g/mol. The van der Waals surface area contributed by atoms with Crippen LogP contribution in [0.25, 0.3) is 0 Å². The van der Waals surface area contributed by atoms with Gasteiger partial charge in [-0.25, -0.2) is 9.59 Å². The SMILES string of the molecule is Cc1c(NC(=O)OC(C)(C)C)ccc(C(=O)O)c1C. The van der Waals surface area contributed by atoms with E-state index in [2.05, 4.69) is 5.32 Å². The van der Waals surface area contributed by atoms with Gasteiger partial charge in [0.15, 0.2) is 0 Å². The number of anilines is 1. The highest BCUT2D eigenvalue weighted by molar-refractivity contribution is 5.92. The summed E-state index contributed by atoms with van der Waals surface area (Å²) in [4.78, 5) is 22.6. The number of amides is 1. The molecule has 0 radical (unpaired) electrons. The van der Waals surface area contributed by atoms with Gasteiger partial charge in [-0.15, -0.1) is 0 Å². The molecule has 0 fully saturated rings. The second-order valence-electron chi connectivity index (χ2n) is 5.34. The molecule has 0 aliphatic heterocycles. The second kappa shape index (κ2) is 5.30. The number of aromatic carboxylic acids is 1. The fourth-order valence-corrected chi connectivity index (χ4v) is 1.60. The molecule has 1 aromatic carbocycles. The molecule has 0 bridgehead atoms. The van der Waals surface area contributed by atoms with E-state index in [4.69, 9.17) is 9.84 Å². The molecule has 0 saturated heterocycles. The van der Waals surface area contributed by atoms with E-state index in [0.717, 1.165) is 0 Å². The van der Waals surface area contributed by atoms with Gasteiger partial charge >= 0.3 is 12.1 Å². The molecule has 19 heavy (non-hydrogen) atoms. The van der Waals surface area contributed by atoms with E-state index in [9.17, 15) is 9.59 Å². The minimum atomic E-state index is -0.982. The molecule has 104 valence electrons. The van der Waals surface area contributed by atoms with E-state index in [1.54, 1.807) is 40.7 Å². The number of rotatable bonds is 2. The third-order valence-electron chi connectivity index (χ3n) is 2.65. The number of carboxylic acid groups (broad SMARTS) is 1. The van der Waals surface area contributed by atoms with Crippen LogP contribution < -0.4 is 5.32 Å². The van der Waals surface area contributed by atoms with Gasteiger partial charge in [0.2, 0.25) is 0 Å². The largest absolute Gasteiger partial charge is 0.478 e. The first kappa shape index (κ1) is 15.0. The predicted molar refractivity (Wildman–Crippen MR) is 72.7 cm³/mol. The van der Waals surface area contributed by atoms with Gasteiger partial charge in [-0.3, -0.25) is 5.32 Å². The van der Waals surface area contributed by atoms with Crippen molar-refractivity contribution in [3.63, 3.8) is 0 Å². The summed E-state index contributed by atoms with van der Waals surface area (Å²) in [5.41, 5.74) is 1.55. The molecule has 1 amide bonds. The van der Waals surface area contributed by atoms with Gasteiger partial charge in [0.05, 0.1) is 5.56 Å². The lowest BCUT2D eigenvalue weighted by Gasteiger charge is -2.20. The highest BCUT2D eigenvalue weighted by Crippen LogP contribution is 2.23. The van der Waals surface area contributed by atoms with Crippen molar-refractivity contribution in [3.05, 3.63) is 28.8 Å². The Hall–Kier alpha value is -2.04. The van der Waals surface area contributed by atoms with Crippen molar-refractivity contribution < 1.29 is 19.4 Å². The van der Waals surface area contributed by atoms with Crippen LogP contribution in [0.5, 0.6) is 0 Å². The van der Waals surface area contributed by atoms with E-state index in [1.165, 1.54) is 6.07 Å². The summed E-state index contributed by atoms with van der Waals surface area (Å²) < 4.78 is 5.15. The number of carboxylic acids is 1. The Balaban J connectivity index is 2.95. The summed E-state index contributed by atoms with van der Waals surface area (Å²) in [5, 5.41) is 11.6. The van der Waals surface area contributed by atoms with Crippen LogP contribution in [0.1, 0.15) is 42.3 Å². The number of carbonyl (C=O) groups excluding carboxylic acids is 1. The van der Waals surface area contributed by atoms with Gasteiger partial charge in [0.25, 0.3) is 0 Å². The number of carbonyl (C=O) groups is 2. The maximum absolute atomic E-state index is 11.7. The summed E-state index contributed by atoms with van der Waals surface area (Å²) in [7, 11) is 0. The highest BCUT2D eigenvalue weighted by Gasteiger charge is 2.18. The van der Waals surface area contributed by atoms with E-state index in [0.29, 0.717) is 16.8 Å². The molecule has 0 unspecified atom stereocenters. The first-order chi connectivity index (χ1) is 8.61. The molecule has 1 aromatic rings. The van der Waals surface area contributed by atoms with Crippen molar-refractivity contribution in [2.75, 3.05) is 5.32 Å². The van der Waals surface area contributed by atoms with Gasteiger partial charge in [0.1, 0.15) is 5.60 Å². The molecular formula is C14H19NO4. The Morgan fingerprint density at radius 2 is 1.74 bits per heavy atom. The number of hydrogen-bond acceptors (Lipinski definition) is 3. The summed E-state index contributed by atoms with van der Waals surface area (Å²) in [6.45, 7) is 8.79. The topological polar surface area (TPSA) is 75.6 Å². The quantitative estimate of drug-likeness (QED) is 0.859. The fraction of sp³-hybridized carbons (Fsp3) is 0.429. The second-order valence-corrected chi connectivity index (χ2v) is 5.34. The molecule has 1 rings (SSSR count). The van der Waals surface area contributed by atoms with Crippen LogP contribution in [0.2, 0.25) is 0 Å². The normalized spacial score (nSPS) is 11.0. The van der Waals surface area contributed by atoms with Crippen LogP contribution in [-0.4, -0.2) is 22.8 Å². The zero-order valence-corrected chi connectivity index (χ0v) is 11.8. The Labute approximate surface area is 112 Å². The van der Waals surface area contributed by atoms with Crippen LogP contribution in [0.4, 0.5) is 10.5 Å². The fourth-order valence-electron chi connectivity index (χ4n) is 1.60. The Morgan fingerprint density at radius 3 is 2.21 bits per heavy atom. The molecule has 0 saturated carbocycles. The first-order valence-corrected chi connectivity index (χ1v) is 5.95. The molecular weight excluding hydrogens is 246 g/mol. The summed E-state index contributed by atoms with van der Waals surface area (Å²) in [6.07, 6.45) is -0.557. The molecule has 5 heteroatoms. The predicted octanol–water partition coefficient (Wildman–Crippen LogP) is 3.35.